The summed E-state index contributed by atoms with van der Waals surface area (Å²) in [5.74, 6) is -0.119. The fourth-order valence-electron chi connectivity index (χ4n) is 2.87. The second-order valence-electron chi connectivity index (χ2n) is 6.03. The van der Waals surface area contributed by atoms with E-state index in [0.29, 0.717) is 24.7 Å². The summed E-state index contributed by atoms with van der Waals surface area (Å²) in [7, 11) is -4.81. The molecule has 0 radical (unpaired) electrons. The Balaban J connectivity index is 0.00000208. The van der Waals surface area contributed by atoms with Gasteiger partial charge in [-0.2, -0.15) is 0 Å². The standard InChI is InChI=1S/C15H20N2O5S.Na/c18-14(17-9-7-16(8-10-17)13-5-6-13)11-1-3-12(4-2-11)15(19)23(20,21)22;/h1-4,13,15,19H,5-10H2,(H,20,21,22);/q;+1/p-1. The molecule has 24 heavy (non-hydrogen) atoms. The fourth-order valence-corrected chi connectivity index (χ4v) is 3.36. The summed E-state index contributed by atoms with van der Waals surface area (Å²) in [4.78, 5) is 16.6. The third-order valence-corrected chi connectivity index (χ3v) is 5.20. The Bertz CT molecular complexity index is 682. The van der Waals surface area contributed by atoms with Crippen LogP contribution in [0.5, 0.6) is 0 Å². The van der Waals surface area contributed by atoms with Crippen molar-refractivity contribution in [2.24, 2.45) is 0 Å². The van der Waals surface area contributed by atoms with Crippen molar-refractivity contribution in [2.45, 2.75) is 24.3 Å². The smallest absolute Gasteiger partial charge is 0.746 e. The average molecular weight is 362 g/mol. The number of hydrogen-bond acceptors (Lipinski definition) is 6. The minimum atomic E-state index is -4.81. The van der Waals surface area contributed by atoms with E-state index in [1.807, 2.05) is 0 Å². The van der Waals surface area contributed by atoms with Gasteiger partial charge in [-0.05, 0) is 30.5 Å². The second kappa shape index (κ2) is 7.82. The SMILES string of the molecule is O=C(c1ccc(C(O)S(=O)(=O)[O-])cc1)N1CCN(C2CC2)CC1.[Na+]. The molecule has 0 bridgehead atoms. The first-order valence-electron chi connectivity index (χ1n) is 7.62. The summed E-state index contributed by atoms with van der Waals surface area (Å²) < 4.78 is 32.4. The minimum Gasteiger partial charge on any atom is -0.746 e. The molecule has 126 valence electrons. The maximum absolute atomic E-state index is 12.4. The van der Waals surface area contributed by atoms with Gasteiger partial charge in [-0.25, -0.2) is 8.42 Å². The van der Waals surface area contributed by atoms with Gasteiger partial charge >= 0.3 is 29.6 Å². The first kappa shape index (κ1) is 19.8. The molecule has 1 unspecified atom stereocenters. The van der Waals surface area contributed by atoms with E-state index in [0.717, 1.165) is 13.1 Å². The number of carbonyl (C=O) groups is 1. The molecule has 1 atom stereocenters. The van der Waals surface area contributed by atoms with Crippen molar-refractivity contribution < 1.29 is 52.4 Å². The summed E-state index contributed by atoms with van der Waals surface area (Å²) in [6.07, 6.45) is 2.50. The van der Waals surface area contributed by atoms with E-state index in [1.54, 1.807) is 4.90 Å². The number of hydrogen-bond donors (Lipinski definition) is 1. The van der Waals surface area contributed by atoms with Gasteiger partial charge in [0.15, 0.2) is 5.44 Å². The zero-order chi connectivity index (χ0) is 16.6. The van der Waals surface area contributed by atoms with E-state index in [9.17, 15) is 22.9 Å². The van der Waals surface area contributed by atoms with Crippen LogP contribution >= 0.6 is 0 Å². The van der Waals surface area contributed by atoms with Crippen LogP contribution in [0.2, 0.25) is 0 Å². The van der Waals surface area contributed by atoms with Crippen LogP contribution < -0.4 is 29.6 Å². The molecular formula is C15H19N2NaO5S. The normalized spacial score (nSPS) is 20.3. The maximum Gasteiger partial charge on any atom is 1.00 e. The summed E-state index contributed by atoms with van der Waals surface area (Å²) in [6, 6.07) is 6.18. The predicted octanol–water partition coefficient (Wildman–Crippen LogP) is -2.85. The molecule has 1 aromatic rings. The Hall–Kier alpha value is -0.480. The molecule has 2 aliphatic rings. The number of rotatable bonds is 4. The van der Waals surface area contributed by atoms with E-state index in [4.69, 9.17) is 0 Å². The molecule has 1 aliphatic carbocycles. The van der Waals surface area contributed by atoms with Crippen LogP contribution in [0.3, 0.4) is 0 Å². The third-order valence-electron chi connectivity index (χ3n) is 4.38. The Labute approximate surface area is 163 Å². The zero-order valence-electron chi connectivity index (χ0n) is 13.6. The topological polar surface area (TPSA) is 101 Å². The summed E-state index contributed by atoms with van der Waals surface area (Å²) in [5, 5.41) is 9.42. The van der Waals surface area contributed by atoms with E-state index in [2.05, 4.69) is 4.90 Å². The van der Waals surface area contributed by atoms with Gasteiger partial charge in [0.25, 0.3) is 5.91 Å². The van der Waals surface area contributed by atoms with E-state index in [-0.39, 0.29) is 41.0 Å². The Kier molecular flexibility index (Phi) is 6.46. The summed E-state index contributed by atoms with van der Waals surface area (Å²) >= 11 is 0. The van der Waals surface area contributed by atoms with Gasteiger partial charge in [-0.15, -0.1) is 0 Å². The first-order valence-corrected chi connectivity index (χ1v) is 9.09. The van der Waals surface area contributed by atoms with Gasteiger partial charge in [-0.3, -0.25) is 9.69 Å². The minimum absolute atomic E-state index is 0. The number of nitrogens with zero attached hydrogens (tertiary/aromatic N) is 2. The Morgan fingerprint density at radius 2 is 1.67 bits per heavy atom. The molecule has 1 heterocycles. The first-order chi connectivity index (χ1) is 10.9. The monoisotopic (exact) mass is 362 g/mol. The molecule has 1 saturated heterocycles. The van der Waals surface area contributed by atoms with Gasteiger partial charge < -0.3 is 14.6 Å². The number of amides is 1. The van der Waals surface area contributed by atoms with Gasteiger partial charge in [0, 0.05) is 37.8 Å². The van der Waals surface area contributed by atoms with Gasteiger partial charge in [0.05, 0.1) is 0 Å². The van der Waals surface area contributed by atoms with Crippen molar-refractivity contribution in [3.63, 3.8) is 0 Å². The molecule has 0 spiro atoms. The average Bonchev–Trinajstić information content (AvgIpc) is 3.38. The fraction of sp³-hybridized carbons (Fsp3) is 0.533. The van der Waals surface area contributed by atoms with Crippen molar-refractivity contribution >= 4 is 16.0 Å². The van der Waals surface area contributed by atoms with Crippen molar-refractivity contribution in [2.75, 3.05) is 26.2 Å². The van der Waals surface area contributed by atoms with Gasteiger partial charge in [-0.1, -0.05) is 12.1 Å². The molecule has 1 saturated carbocycles. The van der Waals surface area contributed by atoms with Crippen LogP contribution in [-0.4, -0.2) is 66.0 Å². The number of aliphatic hydroxyl groups is 1. The van der Waals surface area contributed by atoms with Crippen LogP contribution in [-0.2, 0) is 10.1 Å². The van der Waals surface area contributed by atoms with Crippen LogP contribution in [0.25, 0.3) is 0 Å². The summed E-state index contributed by atoms with van der Waals surface area (Å²) in [6.45, 7) is 3.10. The molecule has 2 fully saturated rings. The number of aliphatic hydroxyl groups excluding tert-OH is 1. The number of piperazine rings is 1. The van der Waals surface area contributed by atoms with Crippen LogP contribution in [0.4, 0.5) is 0 Å². The Morgan fingerprint density at radius 3 is 2.12 bits per heavy atom. The van der Waals surface area contributed by atoms with Crippen molar-refractivity contribution in [3.05, 3.63) is 35.4 Å². The molecule has 0 aromatic heterocycles. The molecule has 1 aliphatic heterocycles. The van der Waals surface area contributed by atoms with E-state index in [1.165, 1.54) is 37.1 Å². The molecule has 1 aromatic carbocycles. The zero-order valence-corrected chi connectivity index (χ0v) is 16.4. The van der Waals surface area contributed by atoms with E-state index < -0.39 is 15.6 Å². The van der Waals surface area contributed by atoms with Crippen LogP contribution in [0.15, 0.2) is 24.3 Å². The van der Waals surface area contributed by atoms with E-state index >= 15 is 0 Å². The predicted molar refractivity (Wildman–Crippen MR) is 81.6 cm³/mol. The Morgan fingerprint density at radius 1 is 1.12 bits per heavy atom. The summed E-state index contributed by atoms with van der Waals surface area (Å²) in [5.41, 5.74) is -1.71. The quantitative estimate of drug-likeness (QED) is 0.457. The molecule has 3 rings (SSSR count). The third kappa shape index (κ3) is 4.57. The molecule has 1 amide bonds. The van der Waals surface area contributed by atoms with Gasteiger partial charge in [0.1, 0.15) is 10.1 Å². The number of carbonyl (C=O) groups excluding carboxylic acids is 1. The van der Waals surface area contributed by atoms with Crippen molar-refractivity contribution in [3.8, 4) is 0 Å². The second-order valence-corrected chi connectivity index (χ2v) is 7.46. The molecule has 7 nitrogen and oxygen atoms in total. The van der Waals surface area contributed by atoms with Crippen molar-refractivity contribution in [1.29, 1.82) is 0 Å². The molecule has 9 heteroatoms. The van der Waals surface area contributed by atoms with Gasteiger partial charge in [0.2, 0.25) is 0 Å². The van der Waals surface area contributed by atoms with Crippen LogP contribution in [0, 0.1) is 0 Å². The number of benzene rings is 1. The van der Waals surface area contributed by atoms with Crippen molar-refractivity contribution in [1.82, 2.24) is 9.80 Å². The molecule has 1 N–H and O–H groups in total. The molecular weight excluding hydrogens is 343 g/mol. The largest absolute Gasteiger partial charge is 1.00 e. The van der Waals surface area contributed by atoms with Crippen LogP contribution in [0.1, 0.15) is 34.2 Å². The maximum atomic E-state index is 12.4.